The molecule has 0 unspecified atom stereocenters. The number of furan rings is 1. The van der Waals surface area contributed by atoms with Gasteiger partial charge in [0.25, 0.3) is 0 Å². The molecule has 3 heterocycles. The molecule has 0 aliphatic rings. The molecule has 5 rings (SSSR count). The van der Waals surface area contributed by atoms with E-state index < -0.39 is 0 Å². The summed E-state index contributed by atoms with van der Waals surface area (Å²) in [5.41, 5.74) is 1.80. The van der Waals surface area contributed by atoms with Gasteiger partial charge in [0.05, 0.1) is 0 Å². The van der Waals surface area contributed by atoms with Crippen molar-refractivity contribution in [3.05, 3.63) is 59.1 Å². The Labute approximate surface area is 148 Å². The summed E-state index contributed by atoms with van der Waals surface area (Å²) in [4.78, 5) is 0.733. The maximum Gasteiger partial charge on any atom is 0.235 e. The molecule has 0 atom stereocenters. The van der Waals surface area contributed by atoms with Crippen molar-refractivity contribution in [1.29, 1.82) is 0 Å². The number of nitrogens with zero attached hydrogens (tertiary/aromatic N) is 4. The fraction of sp³-hybridized carbons (Fsp3) is 0. The lowest BCUT2D eigenvalue weighted by Gasteiger charge is -1.99. The van der Waals surface area contributed by atoms with Crippen molar-refractivity contribution in [3.63, 3.8) is 0 Å². The second kappa shape index (κ2) is 5.25. The van der Waals surface area contributed by atoms with Crippen LogP contribution in [-0.4, -0.2) is 19.8 Å². The summed E-state index contributed by atoms with van der Waals surface area (Å²) in [6, 6.07) is 17.8. The van der Waals surface area contributed by atoms with Crippen molar-refractivity contribution in [2.45, 2.75) is 0 Å². The Balaban J connectivity index is 1.68. The standard InChI is InChI=1S/C17H9BrN4OS/c18-12-7-3-2-6-11(12)15-19-20-17-22(15)21-16(24-17)14-9-10-5-1-4-8-13(10)23-14/h1-9H. The van der Waals surface area contributed by atoms with Gasteiger partial charge in [-0.25, -0.2) is 0 Å². The highest BCUT2D eigenvalue weighted by Gasteiger charge is 2.17. The zero-order valence-electron chi connectivity index (χ0n) is 12.2. The van der Waals surface area contributed by atoms with E-state index in [1.807, 2.05) is 54.6 Å². The molecule has 0 spiro atoms. The highest BCUT2D eigenvalue weighted by atomic mass is 79.9. The molecular weight excluding hydrogens is 388 g/mol. The van der Waals surface area contributed by atoms with Crippen LogP contribution >= 0.6 is 27.3 Å². The number of aromatic nitrogens is 4. The minimum Gasteiger partial charge on any atom is -0.453 e. The molecule has 3 aromatic heterocycles. The number of benzene rings is 2. The van der Waals surface area contributed by atoms with Crippen LogP contribution in [0.25, 0.3) is 38.1 Å². The van der Waals surface area contributed by atoms with Crippen LogP contribution in [0, 0.1) is 0 Å². The van der Waals surface area contributed by atoms with Crippen LogP contribution in [0.15, 0.2) is 63.5 Å². The van der Waals surface area contributed by atoms with Gasteiger partial charge >= 0.3 is 0 Å². The van der Waals surface area contributed by atoms with Crippen molar-refractivity contribution in [1.82, 2.24) is 19.8 Å². The predicted octanol–water partition coefficient (Wildman–Crippen LogP) is 5.03. The van der Waals surface area contributed by atoms with Gasteiger partial charge in [0.15, 0.2) is 16.6 Å². The number of hydrogen-bond donors (Lipinski definition) is 0. The van der Waals surface area contributed by atoms with E-state index >= 15 is 0 Å². The fourth-order valence-corrected chi connectivity index (χ4v) is 3.87. The summed E-state index contributed by atoms with van der Waals surface area (Å²) in [7, 11) is 0. The number of fused-ring (bicyclic) bond motifs is 2. The van der Waals surface area contributed by atoms with Crippen LogP contribution in [0.4, 0.5) is 0 Å². The normalized spacial score (nSPS) is 11.5. The molecule has 0 saturated heterocycles. The highest BCUT2D eigenvalue weighted by molar-refractivity contribution is 9.10. The first kappa shape index (κ1) is 13.9. The SMILES string of the molecule is Brc1ccccc1-c1nnc2sc(-c3cc4ccccc4o3)nn12. The Hall–Kier alpha value is -2.51. The molecule has 0 fully saturated rings. The van der Waals surface area contributed by atoms with Crippen molar-refractivity contribution >= 4 is 43.2 Å². The van der Waals surface area contributed by atoms with E-state index in [1.165, 1.54) is 11.3 Å². The van der Waals surface area contributed by atoms with E-state index in [0.717, 1.165) is 36.7 Å². The lowest BCUT2D eigenvalue weighted by molar-refractivity contribution is 0.629. The van der Waals surface area contributed by atoms with Gasteiger partial charge in [-0.1, -0.05) is 57.6 Å². The largest absolute Gasteiger partial charge is 0.453 e. The highest BCUT2D eigenvalue weighted by Crippen LogP contribution is 2.33. The number of halogens is 1. The number of rotatable bonds is 2. The van der Waals surface area contributed by atoms with E-state index in [4.69, 9.17) is 4.42 Å². The summed E-state index contributed by atoms with van der Waals surface area (Å²) in [5, 5.41) is 15.0. The van der Waals surface area contributed by atoms with Crippen LogP contribution in [-0.2, 0) is 0 Å². The number of hydrogen-bond acceptors (Lipinski definition) is 5. The smallest absolute Gasteiger partial charge is 0.235 e. The van der Waals surface area contributed by atoms with Gasteiger partial charge in [-0.2, -0.15) is 4.52 Å². The zero-order chi connectivity index (χ0) is 16.1. The Morgan fingerprint density at radius 1 is 1.00 bits per heavy atom. The first-order valence-electron chi connectivity index (χ1n) is 7.26. The Bertz CT molecular complexity index is 1160. The average molecular weight is 397 g/mol. The molecule has 116 valence electrons. The summed E-state index contributed by atoms with van der Waals surface area (Å²) in [6.07, 6.45) is 0. The summed E-state index contributed by atoms with van der Waals surface area (Å²) >= 11 is 5.01. The van der Waals surface area contributed by atoms with Crippen molar-refractivity contribution in [2.24, 2.45) is 0 Å². The predicted molar refractivity (Wildman–Crippen MR) is 97.0 cm³/mol. The second-order valence-electron chi connectivity index (χ2n) is 5.25. The first-order chi connectivity index (χ1) is 11.8. The quantitative estimate of drug-likeness (QED) is 0.419. The van der Waals surface area contributed by atoms with Gasteiger partial charge in [-0.3, -0.25) is 0 Å². The van der Waals surface area contributed by atoms with Crippen LogP contribution in [0.5, 0.6) is 0 Å². The maximum atomic E-state index is 5.90. The van der Waals surface area contributed by atoms with Gasteiger partial charge in [0, 0.05) is 15.4 Å². The second-order valence-corrected chi connectivity index (χ2v) is 7.06. The third kappa shape index (κ3) is 2.09. The first-order valence-corrected chi connectivity index (χ1v) is 8.87. The Morgan fingerprint density at radius 3 is 2.71 bits per heavy atom. The van der Waals surface area contributed by atoms with E-state index in [1.54, 1.807) is 4.52 Å². The monoisotopic (exact) mass is 396 g/mol. The van der Waals surface area contributed by atoms with E-state index in [2.05, 4.69) is 31.2 Å². The van der Waals surface area contributed by atoms with Gasteiger partial charge in [0.1, 0.15) is 5.58 Å². The molecule has 5 aromatic rings. The molecule has 5 nitrogen and oxygen atoms in total. The van der Waals surface area contributed by atoms with E-state index in [-0.39, 0.29) is 0 Å². The minimum atomic E-state index is 0.705. The summed E-state index contributed by atoms with van der Waals surface area (Å²) in [6.45, 7) is 0. The molecule has 24 heavy (non-hydrogen) atoms. The Kier molecular flexibility index (Phi) is 3.04. The molecule has 0 saturated carbocycles. The minimum absolute atomic E-state index is 0.705. The molecule has 2 aromatic carbocycles. The van der Waals surface area contributed by atoms with E-state index in [9.17, 15) is 0 Å². The van der Waals surface area contributed by atoms with Crippen LogP contribution < -0.4 is 0 Å². The molecule has 0 radical (unpaired) electrons. The third-order valence-corrected chi connectivity index (χ3v) is 5.35. The van der Waals surface area contributed by atoms with Gasteiger partial charge < -0.3 is 4.42 Å². The summed E-state index contributed by atoms with van der Waals surface area (Å²) in [5.74, 6) is 1.45. The maximum absolute atomic E-state index is 5.90. The topological polar surface area (TPSA) is 56.2 Å². The Morgan fingerprint density at radius 2 is 1.83 bits per heavy atom. The van der Waals surface area contributed by atoms with Crippen molar-refractivity contribution < 1.29 is 4.42 Å². The van der Waals surface area contributed by atoms with Crippen molar-refractivity contribution in [3.8, 4) is 22.2 Å². The molecule has 0 N–H and O–H groups in total. The molecule has 0 bridgehead atoms. The summed E-state index contributed by atoms with van der Waals surface area (Å²) < 4.78 is 8.61. The molecular formula is C17H9BrN4OS. The van der Waals surface area contributed by atoms with Crippen molar-refractivity contribution in [2.75, 3.05) is 0 Å². The van der Waals surface area contributed by atoms with Crippen LogP contribution in [0.1, 0.15) is 0 Å². The third-order valence-electron chi connectivity index (χ3n) is 3.74. The van der Waals surface area contributed by atoms with E-state index in [0.29, 0.717) is 5.82 Å². The molecule has 7 heteroatoms. The zero-order valence-corrected chi connectivity index (χ0v) is 14.6. The lowest BCUT2D eigenvalue weighted by atomic mass is 10.2. The van der Waals surface area contributed by atoms with Crippen LogP contribution in [0.2, 0.25) is 0 Å². The lowest BCUT2D eigenvalue weighted by Crippen LogP contribution is -1.91. The average Bonchev–Trinajstić information content (AvgIpc) is 3.28. The molecule has 0 amide bonds. The molecule has 0 aliphatic carbocycles. The van der Waals surface area contributed by atoms with Gasteiger partial charge in [0.2, 0.25) is 4.96 Å². The number of para-hydroxylation sites is 1. The van der Waals surface area contributed by atoms with Gasteiger partial charge in [-0.05, 0) is 24.3 Å². The molecule has 0 aliphatic heterocycles. The fourth-order valence-electron chi connectivity index (χ4n) is 2.61. The van der Waals surface area contributed by atoms with Gasteiger partial charge in [-0.15, -0.1) is 15.3 Å². The van der Waals surface area contributed by atoms with Crippen LogP contribution in [0.3, 0.4) is 0 Å².